The Morgan fingerprint density at radius 3 is 2.27 bits per heavy atom. The highest BCUT2D eigenvalue weighted by atomic mass is 15.3. The molecule has 0 spiro atoms. The minimum atomic E-state index is -0.662. The molecule has 0 aliphatic carbocycles. The lowest BCUT2D eigenvalue weighted by Crippen LogP contribution is -2.38. The summed E-state index contributed by atoms with van der Waals surface area (Å²) in [6.45, 7) is 0. The van der Waals surface area contributed by atoms with Crippen LogP contribution in [0.1, 0.15) is 11.7 Å². The van der Waals surface area contributed by atoms with Gasteiger partial charge in [0.05, 0.1) is 51.4 Å². The maximum absolute atomic E-state index is 5.67. The van der Waals surface area contributed by atoms with E-state index >= 15 is 0 Å². The normalized spacial score (nSPS) is 13.8. The van der Waals surface area contributed by atoms with Gasteiger partial charge in [0.15, 0.2) is 17.6 Å². The van der Waals surface area contributed by atoms with Crippen molar-refractivity contribution in [2.24, 2.45) is 4.99 Å². The zero-order valence-electron chi connectivity index (χ0n) is 31.3. The zero-order chi connectivity index (χ0) is 38.9. The van der Waals surface area contributed by atoms with Crippen LogP contribution < -0.4 is 15.5 Å². The number of nitrogens with one attached hydrogen (secondary N) is 1. The van der Waals surface area contributed by atoms with Crippen LogP contribution in [0.25, 0.3) is 94.6 Å². The summed E-state index contributed by atoms with van der Waals surface area (Å²) < 4.78 is 0. The van der Waals surface area contributed by atoms with Crippen molar-refractivity contribution < 1.29 is 0 Å². The highest BCUT2D eigenvalue weighted by Crippen LogP contribution is 2.51. The molecule has 1 aliphatic heterocycles. The van der Waals surface area contributed by atoms with E-state index < -0.39 is 6.17 Å². The summed E-state index contributed by atoms with van der Waals surface area (Å²) >= 11 is 0. The van der Waals surface area contributed by atoms with E-state index in [0.717, 1.165) is 87.5 Å². The van der Waals surface area contributed by atoms with E-state index in [-0.39, 0.29) is 0 Å². The first-order chi connectivity index (χ1) is 29.3. The van der Waals surface area contributed by atoms with E-state index in [1.54, 1.807) is 12.4 Å². The van der Waals surface area contributed by atoms with Gasteiger partial charge in [-0.15, -0.1) is 5.10 Å². The molecule has 12 rings (SSSR count). The average molecular weight is 759 g/mol. The average Bonchev–Trinajstić information content (AvgIpc) is 3.69. The summed E-state index contributed by atoms with van der Waals surface area (Å²) in [6, 6.07) is 46.9. The first kappa shape index (κ1) is 33.0. The maximum Gasteiger partial charge on any atom is 0.165 e. The molecular formula is C49H30N10. The van der Waals surface area contributed by atoms with Gasteiger partial charge in [-0.25, -0.2) is 15.0 Å². The number of aromatic amines is 1. The van der Waals surface area contributed by atoms with E-state index in [0.29, 0.717) is 22.9 Å². The Balaban J connectivity index is 1.32. The van der Waals surface area contributed by atoms with Crippen LogP contribution in [0, 0.1) is 0 Å². The lowest BCUT2D eigenvalue weighted by Gasteiger charge is -2.33. The molecule has 1 aliphatic rings. The van der Waals surface area contributed by atoms with Gasteiger partial charge in [-0.3, -0.25) is 15.0 Å². The van der Waals surface area contributed by atoms with Crippen molar-refractivity contribution in [3.8, 4) is 33.8 Å². The molecule has 10 nitrogen and oxygen atoms in total. The fourth-order valence-electron chi connectivity index (χ4n) is 8.55. The fourth-order valence-corrected chi connectivity index (χ4v) is 8.55. The summed E-state index contributed by atoms with van der Waals surface area (Å²) in [6.07, 6.45) is 8.76. The van der Waals surface area contributed by atoms with Crippen molar-refractivity contribution in [1.82, 2.24) is 40.1 Å². The van der Waals surface area contributed by atoms with Gasteiger partial charge in [-0.2, -0.15) is 5.10 Å². The van der Waals surface area contributed by atoms with E-state index in [1.165, 1.54) is 0 Å². The molecule has 5 aromatic carbocycles. The van der Waals surface area contributed by atoms with Crippen LogP contribution in [0.2, 0.25) is 0 Å². The highest BCUT2D eigenvalue weighted by molar-refractivity contribution is 6.20. The Hall–Kier alpha value is -8.24. The smallest absolute Gasteiger partial charge is 0.165 e. The summed E-state index contributed by atoms with van der Waals surface area (Å²) in [4.78, 5) is 37.2. The molecular weight excluding hydrogens is 729 g/mol. The van der Waals surface area contributed by atoms with Crippen LogP contribution in [0.4, 0.5) is 5.82 Å². The molecule has 1 unspecified atom stereocenters. The van der Waals surface area contributed by atoms with Gasteiger partial charge in [0, 0.05) is 78.5 Å². The lowest BCUT2D eigenvalue weighted by atomic mass is 9.84. The number of nitrogens with zero attached hydrogens (tertiary/aromatic N) is 9. The van der Waals surface area contributed by atoms with Crippen LogP contribution in [-0.2, 0) is 0 Å². The number of hydrogen-bond acceptors (Lipinski definition) is 9. The van der Waals surface area contributed by atoms with Crippen LogP contribution in [-0.4, -0.2) is 40.1 Å². The second kappa shape index (κ2) is 13.2. The number of fused-ring (bicyclic) bond motifs is 7. The molecule has 0 amide bonds. The minimum Gasteiger partial charge on any atom is -0.354 e. The summed E-state index contributed by atoms with van der Waals surface area (Å²) in [5.74, 6) is 0.679. The molecule has 0 radical (unpaired) electrons. The first-order valence-corrected chi connectivity index (χ1v) is 19.4. The van der Waals surface area contributed by atoms with Gasteiger partial charge in [-0.1, -0.05) is 78.9 Å². The third-order valence-electron chi connectivity index (χ3n) is 11.1. The van der Waals surface area contributed by atoms with Gasteiger partial charge < -0.3 is 9.88 Å². The van der Waals surface area contributed by atoms with Gasteiger partial charge >= 0.3 is 0 Å². The van der Waals surface area contributed by atoms with E-state index in [9.17, 15) is 0 Å². The molecule has 6 aromatic heterocycles. The largest absolute Gasteiger partial charge is 0.354 e. The Morgan fingerprint density at radius 1 is 0.542 bits per heavy atom. The first-order valence-electron chi connectivity index (χ1n) is 19.4. The zero-order valence-corrected chi connectivity index (χ0v) is 31.3. The Morgan fingerprint density at radius 2 is 1.34 bits per heavy atom. The molecule has 7 heterocycles. The molecule has 1 N–H and O–H groups in total. The second-order valence-corrected chi connectivity index (χ2v) is 14.5. The molecule has 276 valence electrons. The monoisotopic (exact) mass is 758 g/mol. The van der Waals surface area contributed by atoms with E-state index in [2.05, 4.69) is 81.8 Å². The maximum atomic E-state index is 5.67. The summed E-state index contributed by atoms with van der Waals surface area (Å²) in [5.41, 5.74) is 9.64. The van der Waals surface area contributed by atoms with Gasteiger partial charge in [0.25, 0.3) is 0 Å². The number of para-hydroxylation sites is 4. The van der Waals surface area contributed by atoms with Crippen molar-refractivity contribution >= 4 is 66.7 Å². The number of rotatable bonds is 5. The van der Waals surface area contributed by atoms with Crippen molar-refractivity contribution in [3.63, 3.8) is 0 Å². The van der Waals surface area contributed by atoms with Crippen molar-refractivity contribution in [2.75, 3.05) is 4.90 Å². The summed E-state index contributed by atoms with van der Waals surface area (Å²) in [5, 5.41) is 16.1. The second-order valence-electron chi connectivity index (χ2n) is 14.5. The van der Waals surface area contributed by atoms with Crippen LogP contribution in [0.15, 0.2) is 169 Å². The van der Waals surface area contributed by atoms with Crippen molar-refractivity contribution in [3.05, 3.63) is 180 Å². The number of anilines is 1. The molecule has 0 saturated heterocycles. The molecule has 1 atom stereocenters. The minimum absolute atomic E-state index is 0.628. The van der Waals surface area contributed by atoms with E-state index in [1.807, 2.05) is 91.3 Å². The SMILES string of the molecule is C1=c2ccccc2=NC(c2c(-c3cnc4ccccc4n3)c(-c3ccc4cccnc4n3)c(-c3ccccn3)c3[nH]c4ccccc4c23)N1c1nncc2ccccc12. The van der Waals surface area contributed by atoms with Crippen LogP contribution in [0.5, 0.6) is 0 Å². The molecule has 0 fully saturated rings. The Labute approximate surface area is 336 Å². The van der Waals surface area contributed by atoms with Crippen molar-refractivity contribution in [1.29, 1.82) is 0 Å². The van der Waals surface area contributed by atoms with Gasteiger partial charge in [0.2, 0.25) is 0 Å². The molecule has 0 bridgehead atoms. The van der Waals surface area contributed by atoms with Crippen LogP contribution >= 0.6 is 0 Å². The number of H-pyrrole nitrogens is 1. The number of aromatic nitrogens is 8. The molecule has 59 heavy (non-hydrogen) atoms. The Kier molecular flexibility index (Phi) is 7.36. The number of hydrogen-bond donors (Lipinski definition) is 1. The lowest BCUT2D eigenvalue weighted by molar-refractivity contribution is 0.710. The van der Waals surface area contributed by atoms with E-state index in [4.69, 9.17) is 35.0 Å². The van der Waals surface area contributed by atoms with Gasteiger partial charge in [-0.05, 0) is 60.7 Å². The predicted molar refractivity (Wildman–Crippen MR) is 233 cm³/mol. The Bertz CT molecular complexity index is 3600. The highest BCUT2D eigenvalue weighted by Gasteiger charge is 2.35. The van der Waals surface area contributed by atoms with Gasteiger partial charge in [0.1, 0.15) is 0 Å². The molecule has 11 aromatic rings. The van der Waals surface area contributed by atoms with Crippen molar-refractivity contribution in [2.45, 2.75) is 6.17 Å². The standard InChI is InChI=1S/C49H30N10/c1-3-15-32-30(12-1)26-53-58-48(32)59-28-31-13-2-5-17-34(31)57-49(59)45-41-33-16-4-6-18-35(33)55-46(41)44(38-21-9-10-24-50-38)42(39-23-22-29-14-11-25-51-47(29)56-39)43(45)40-27-52-36-19-7-8-20-37(36)54-40/h1-28,49,55H. The number of benzene rings is 5. The topological polar surface area (TPSA) is 122 Å². The third kappa shape index (κ3) is 5.27. The molecule has 0 saturated carbocycles. The van der Waals surface area contributed by atoms with Crippen LogP contribution in [0.3, 0.4) is 0 Å². The molecule has 10 heteroatoms. The third-order valence-corrected chi connectivity index (χ3v) is 11.1. The summed E-state index contributed by atoms with van der Waals surface area (Å²) in [7, 11) is 0. The fraction of sp³-hybridized carbons (Fsp3) is 0.0204. The number of pyridine rings is 3. The predicted octanol–water partition coefficient (Wildman–Crippen LogP) is 9.12. The quantitative estimate of drug-likeness (QED) is 0.185.